The fraction of sp³-hybridized carbons (Fsp3) is 0.211. The van der Waals surface area contributed by atoms with Crippen LogP contribution in [0.4, 0.5) is 9.93 Å². The molecule has 0 radical (unpaired) electrons. The SMILES string of the molecule is Cc1ccc(-c2csc(NC(=O)CCNC(=O)NCc3ccccc3)n2)s1. The van der Waals surface area contributed by atoms with Crippen molar-refractivity contribution in [2.45, 2.75) is 19.9 Å². The number of thiazole rings is 1. The predicted molar refractivity (Wildman–Crippen MR) is 110 cm³/mol. The van der Waals surface area contributed by atoms with E-state index >= 15 is 0 Å². The van der Waals surface area contributed by atoms with Crippen molar-refractivity contribution in [3.8, 4) is 10.6 Å². The number of aryl methyl sites for hydroxylation is 1. The van der Waals surface area contributed by atoms with E-state index in [1.807, 2.05) is 54.8 Å². The van der Waals surface area contributed by atoms with Gasteiger partial charge in [0.2, 0.25) is 5.91 Å². The number of urea groups is 1. The smallest absolute Gasteiger partial charge is 0.315 e. The number of anilines is 1. The third kappa shape index (κ3) is 5.90. The first-order valence-electron chi connectivity index (χ1n) is 8.48. The molecule has 0 spiro atoms. The molecule has 8 heteroatoms. The largest absolute Gasteiger partial charge is 0.338 e. The van der Waals surface area contributed by atoms with Gasteiger partial charge in [0.05, 0.1) is 10.6 Å². The van der Waals surface area contributed by atoms with Crippen molar-refractivity contribution < 1.29 is 9.59 Å². The molecule has 0 bridgehead atoms. The number of nitrogens with zero attached hydrogens (tertiary/aromatic N) is 1. The Kier molecular flexibility index (Phi) is 6.56. The summed E-state index contributed by atoms with van der Waals surface area (Å²) >= 11 is 3.06. The zero-order chi connectivity index (χ0) is 19.1. The van der Waals surface area contributed by atoms with Crippen molar-refractivity contribution in [3.63, 3.8) is 0 Å². The van der Waals surface area contributed by atoms with Crippen LogP contribution in [0.15, 0.2) is 47.8 Å². The van der Waals surface area contributed by atoms with E-state index in [1.165, 1.54) is 16.2 Å². The fourth-order valence-corrected chi connectivity index (χ4v) is 3.96. The third-order valence-electron chi connectivity index (χ3n) is 3.68. The van der Waals surface area contributed by atoms with Gasteiger partial charge in [-0.15, -0.1) is 22.7 Å². The number of nitrogens with one attached hydrogen (secondary N) is 3. The van der Waals surface area contributed by atoms with Crippen LogP contribution in [0.3, 0.4) is 0 Å². The van der Waals surface area contributed by atoms with E-state index in [0.717, 1.165) is 16.1 Å². The number of aromatic nitrogens is 1. The van der Waals surface area contributed by atoms with Crippen LogP contribution < -0.4 is 16.0 Å². The first-order chi connectivity index (χ1) is 13.1. The van der Waals surface area contributed by atoms with Gasteiger partial charge in [-0.25, -0.2) is 9.78 Å². The summed E-state index contributed by atoms with van der Waals surface area (Å²) < 4.78 is 0. The Labute approximate surface area is 165 Å². The second kappa shape index (κ2) is 9.29. The molecule has 0 aliphatic rings. The number of carbonyl (C=O) groups is 2. The highest BCUT2D eigenvalue weighted by molar-refractivity contribution is 7.17. The zero-order valence-corrected chi connectivity index (χ0v) is 16.5. The van der Waals surface area contributed by atoms with E-state index in [0.29, 0.717) is 11.7 Å². The maximum Gasteiger partial charge on any atom is 0.315 e. The van der Waals surface area contributed by atoms with Crippen LogP contribution in [0.25, 0.3) is 10.6 Å². The topological polar surface area (TPSA) is 83.1 Å². The second-order valence-corrected chi connectivity index (χ2v) is 7.99. The Balaban J connectivity index is 1.37. The van der Waals surface area contributed by atoms with Gasteiger partial charge in [0.25, 0.3) is 0 Å². The van der Waals surface area contributed by atoms with E-state index in [2.05, 4.69) is 20.9 Å². The first-order valence-corrected chi connectivity index (χ1v) is 10.2. The molecule has 2 heterocycles. The van der Waals surface area contributed by atoms with Crippen LogP contribution in [0.2, 0.25) is 0 Å². The number of hydrogen-bond acceptors (Lipinski definition) is 5. The minimum absolute atomic E-state index is 0.179. The second-order valence-electron chi connectivity index (χ2n) is 5.84. The molecule has 3 aromatic rings. The van der Waals surface area contributed by atoms with Gasteiger partial charge in [-0.2, -0.15) is 0 Å². The summed E-state index contributed by atoms with van der Waals surface area (Å²) in [6.45, 7) is 2.75. The van der Waals surface area contributed by atoms with Gasteiger partial charge in [0.1, 0.15) is 0 Å². The minimum Gasteiger partial charge on any atom is -0.338 e. The molecular formula is C19H20N4O2S2. The van der Waals surface area contributed by atoms with Crippen molar-refractivity contribution in [1.29, 1.82) is 0 Å². The molecule has 0 fully saturated rings. The quantitative estimate of drug-likeness (QED) is 0.560. The van der Waals surface area contributed by atoms with Gasteiger partial charge in [-0.1, -0.05) is 30.3 Å². The van der Waals surface area contributed by atoms with E-state index in [4.69, 9.17) is 0 Å². The summed E-state index contributed by atoms with van der Waals surface area (Å²) in [7, 11) is 0. The number of benzene rings is 1. The average Bonchev–Trinajstić information content (AvgIpc) is 3.30. The van der Waals surface area contributed by atoms with Crippen LogP contribution in [-0.2, 0) is 11.3 Å². The highest BCUT2D eigenvalue weighted by atomic mass is 32.1. The standard InChI is InChI=1S/C19H20N4O2S2/c1-13-7-8-16(27-13)15-12-26-19(22-15)23-17(24)9-10-20-18(25)21-11-14-5-3-2-4-6-14/h2-8,12H,9-11H2,1H3,(H2,20,21,25)(H,22,23,24). The van der Waals surface area contributed by atoms with Crippen molar-refractivity contribution in [1.82, 2.24) is 15.6 Å². The zero-order valence-electron chi connectivity index (χ0n) is 14.8. The monoisotopic (exact) mass is 400 g/mol. The number of thiophene rings is 1. The maximum atomic E-state index is 12.0. The van der Waals surface area contributed by atoms with Crippen LogP contribution in [0.1, 0.15) is 16.9 Å². The van der Waals surface area contributed by atoms with Crippen molar-refractivity contribution >= 4 is 39.7 Å². The normalized spacial score (nSPS) is 10.4. The molecule has 0 unspecified atom stereocenters. The van der Waals surface area contributed by atoms with Gasteiger partial charge in [0.15, 0.2) is 5.13 Å². The lowest BCUT2D eigenvalue weighted by atomic mass is 10.2. The average molecular weight is 401 g/mol. The van der Waals surface area contributed by atoms with Crippen molar-refractivity contribution in [2.75, 3.05) is 11.9 Å². The lowest BCUT2D eigenvalue weighted by Gasteiger charge is -2.07. The molecule has 3 amide bonds. The molecule has 3 rings (SSSR count). The summed E-state index contributed by atoms with van der Waals surface area (Å²) in [4.78, 5) is 30.5. The number of rotatable bonds is 7. The fourth-order valence-electron chi connectivity index (χ4n) is 2.33. The maximum absolute atomic E-state index is 12.0. The summed E-state index contributed by atoms with van der Waals surface area (Å²) in [5.41, 5.74) is 1.89. The Morgan fingerprint density at radius 3 is 2.63 bits per heavy atom. The first kappa shape index (κ1) is 19.1. The lowest BCUT2D eigenvalue weighted by Crippen LogP contribution is -2.36. The molecule has 27 heavy (non-hydrogen) atoms. The number of hydrogen-bond donors (Lipinski definition) is 3. The number of carbonyl (C=O) groups excluding carboxylic acids is 2. The number of amides is 3. The highest BCUT2D eigenvalue weighted by Gasteiger charge is 2.10. The van der Waals surface area contributed by atoms with Gasteiger partial charge in [-0.05, 0) is 24.6 Å². The Morgan fingerprint density at radius 1 is 1.07 bits per heavy atom. The molecule has 0 atom stereocenters. The van der Waals surface area contributed by atoms with Gasteiger partial charge >= 0.3 is 6.03 Å². The van der Waals surface area contributed by atoms with E-state index in [9.17, 15) is 9.59 Å². The van der Waals surface area contributed by atoms with E-state index < -0.39 is 0 Å². The molecule has 3 N–H and O–H groups in total. The minimum atomic E-state index is -0.295. The third-order valence-corrected chi connectivity index (χ3v) is 5.46. The van der Waals surface area contributed by atoms with E-state index in [1.54, 1.807) is 11.3 Å². The highest BCUT2D eigenvalue weighted by Crippen LogP contribution is 2.30. The lowest BCUT2D eigenvalue weighted by molar-refractivity contribution is -0.116. The van der Waals surface area contributed by atoms with Crippen LogP contribution in [-0.4, -0.2) is 23.5 Å². The predicted octanol–water partition coefficient (Wildman–Crippen LogP) is 4.01. The summed E-state index contributed by atoms with van der Waals surface area (Å²) in [6, 6.07) is 13.4. The van der Waals surface area contributed by atoms with Crippen LogP contribution in [0, 0.1) is 6.92 Å². The molecular weight excluding hydrogens is 380 g/mol. The molecule has 2 aromatic heterocycles. The molecule has 6 nitrogen and oxygen atoms in total. The van der Waals surface area contributed by atoms with Gasteiger partial charge < -0.3 is 16.0 Å². The molecule has 140 valence electrons. The molecule has 0 aliphatic carbocycles. The summed E-state index contributed by atoms with van der Waals surface area (Å²) in [6.07, 6.45) is 0.186. The Hall–Kier alpha value is -2.71. The summed E-state index contributed by atoms with van der Waals surface area (Å²) in [5, 5.41) is 10.7. The molecule has 1 aromatic carbocycles. The van der Waals surface area contributed by atoms with Crippen molar-refractivity contribution in [2.24, 2.45) is 0 Å². The van der Waals surface area contributed by atoms with Crippen LogP contribution in [0.5, 0.6) is 0 Å². The van der Waals surface area contributed by atoms with Crippen LogP contribution >= 0.6 is 22.7 Å². The Morgan fingerprint density at radius 2 is 1.89 bits per heavy atom. The summed E-state index contributed by atoms with van der Waals surface area (Å²) in [5.74, 6) is -0.179. The molecule has 0 saturated heterocycles. The van der Waals surface area contributed by atoms with Gasteiger partial charge in [0, 0.05) is 29.8 Å². The van der Waals surface area contributed by atoms with Gasteiger partial charge in [-0.3, -0.25) is 4.79 Å². The van der Waals surface area contributed by atoms with Crippen molar-refractivity contribution in [3.05, 3.63) is 58.3 Å². The molecule has 0 saturated carbocycles. The Bertz CT molecular complexity index is 905. The van der Waals surface area contributed by atoms with E-state index in [-0.39, 0.29) is 24.9 Å². The molecule has 0 aliphatic heterocycles.